The summed E-state index contributed by atoms with van der Waals surface area (Å²) in [5.74, 6) is -0.263. The van der Waals surface area contributed by atoms with Crippen molar-refractivity contribution in [3.05, 3.63) is 0 Å². The van der Waals surface area contributed by atoms with E-state index in [2.05, 4.69) is 9.64 Å². The standard InChI is InChI=1S/C13H25N3O4/c1-15(6-3-5-14)12(17)4-7-16-8-9-20-11(10-16)13(18)19-2/h11H,3-10,14H2,1-2H3. The fraction of sp³-hybridized carbons (Fsp3) is 0.846. The summed E-state index contributed by atoms with van der Waals surface area (Å²) in [5, 5.41) is 0. The summed E-state index contributed by atoms with van der Waals surface area (Å²) >= 11 is 0. The van der Waals surface area contributed by atoms with Crippen molar-refractivity contribution in [1.82, 2.24) is 9.80 Å². The summed E-state index contributed by atoms with van der Waals surface area (Å²) in [5.41, 5.74) is 5.42. The highest BCUT2D eigenvalue weighted by molar-refractivity contribution is 5.76. The number of nitrogens with zero attached hydrogens (tertiary/aromatic N) is 2. The van der Waals surface area contributed by atoms with Gasteiger partial charge in [-0.05, 0) is 13.0 Å². The van der Waals surface area contributed by atoms with E-state index in [-0.39, 0.29) is 11.9 Å². The molecule has 0 aliphatic carbocycles. The zero-order valence-electron chi connectivity index (χ0n) is 12.3. The average molecular weight is 287 g/mol. The fourth-order valence-electron chi connectivity index (χ4n) is 2.08. The first-order chi connectivity index (χ1) is 9.58. The van der Waals surface area contributed by atoms with Crippen LogP contribution in [0.2, 0.25) is 0 Å². The van der Waals surface area contributed by atoms with Gasteiger partial charge in [-0.2, -0.15) is 0 Å². The van der Waals surface area contributed by atoms with Crippen molar-refractivity contribution >= 4 is 11.9 Å². The topological polar surface area (TPSA) is 85.1 Å². The van der Waals surface area contributed by atoms with Gasteiger partial charge in [0.25, 0.3) is 0 Å². The second kappa shape index (κ2) is 8.89. The van der Waals surface area contributed by atoms with Gasteiger partial charge in [0.2, 0.25) is 5.91 Å². The van der Waals surface area contributed by atoms with E-state index >= 15 is 0 Å². The summed E-state index contributed by atoms with van der Waals surface area (Å²) in [6.45, 7) is 3.59. The van der Waals surface area contributed by atoms with Crippen LogP contribution in [0.15, 0.2) is 0 Å². The zero-order valence-corrected chi connectivity index (χ0v) is 12.3. The van der Waals surface area contributed by atoms with Crippen molar-refractivity contribution in [1.29, 1.82) is 0 Å². The number of esters is 1. The Balaban J connectivity index is 2.30. The maximum absolute atomic E-state index is 11.9. The summed E-state index contributed by atoms with van der Waals surface area (Å²) in [7, 11) is 3.13. The molecule has 0 aromatic carbocycles. The summed E-state index contributed by atoms with van der Waals surface area (Å²) in [6.07, 6.45) is 0.706. The van der Waals surface area contributed by atoms with E-state index < -0.39 is 6.10 Å². The molecular formula is C13H25N3O4. The highest BCUT2D eigenvalue weighted by Gasteiger charge is 2.27. The van der Waals surface area contributed by atoms with Crippen LogP contribution in [-0.4, -0.2) is 81.3 Å². The molecule has 0 saturated carbocycles. The molecule has 1 fully saturated rings. The first-order valence-corrected chi connectivity index (χ1v) is 6.94. The number of morpholine rings is 1. The molecule has 0 bridgehead atoms. The van der Waals surface area contributed by atoms with E-state index in [9.17, 15) is 9.59 Å². The Morgan fingerprint density at radius 1 is 1.50 bits per heavy atom. The van der Waals surface area contributed by atoms with Gasteiger partial charge in [0.05, 0.1) is 13.7 Å². The van der Waals surface area contributed by atoms with Gasteiger partial charge in [-0.25, -0.2) is 4.79 Å². The molecule has 1 saturated heterocycles. The lowest BCUT2D eigenvalue weighted by Crippen LogP contribution is -2.47. The first-order valence-electron chi connectivity index (χ1n) is 6.94. The summed E-state index contributed by atoms with van der Waals surface area (Å²) in [6, 6.07) is 0. The smallest absolute Gasteiger partial charge is 0.336 e. The number of carbonyl (C=O) groups excluding carboxylic acids is 2. The van der Waals surface area contributed by atoms with E-state index in [1.165, 1.54) is 7.11 Å². The molecule has 116 valence electrons. The lowest BCUT2D eigenvalue weighted by atomic mass is 10.2. The van der Waals surface area contributed by atoms with Crippen LogP contribution >= 0.6 is 0 Å². The lowest BCUT2D eigenvalue weighted by Gasteiger charge is -2.31. The molecular weight excluding hydrogens is 262 g/mol. The minimum absolute atomic E-state index is 0.0968. The SMILES string of the molecule is COC(=O)C1CN(CCC(=O)N(C)CCCN)CCO1. The molecule has 1 heterocycles. The van der Waals surface area contributed by atoms with Gasteiger partial charge < -0.3 is 20.1 Å². The molecule has 1 unspecified atom stereocenters. The fourth-order valence-corrected chi connectivity index (χ4v) is 2.08. The minimum Gasteiger partial charge on any atom is -0.467 e. The van der Waals surface area contributed by atoms with Gasteiger partial charge in [0.1, 0.15) is 0 Å². The Morgan fingerprint density at radius 3 is 2.90 bits per heavy atom. The molecule has 20 heavy (non-hydrogen) atoms. The molecule has 2 N–H and O–H groups in total. The summed E-state index contributed by atoms with van der Waals surface area (Å²) < 4.78 is 10.0. The quantitative estimate of drug-likeness (QED) is 0.608. The highest BCUT2D eigenvalue weighted by atomic mass is 16.6. The van der Waals surface area contributed by atoms with Crippen LogP contribution < -0.4 is 5.73 Å². The van der Waals surface area contributed by atoms with Gasteiger partial charge in [-0.1, -0.05) is 0 Å². The molecule has 0 aromatic rings. The predicted molar refractivity (Wildman–Crippen MR) is 74.1 cm³/mol. The van der Waals surface area contributed by atoms with Crippen LogP contribution in [0.4, 0.5) is 0 Å². The first kappa shape index (κ1) is 16.9. The Morgan fingerprint density at radius 2 is 2.25 bits per heavy atom. The maximum Gasteiger partial charge on any atom is 0.336 e. The number of rotatable bonds is 7. The van der Waals surface area contributed by atoms with E-state index in [0.717, 1.165) is 13.0 Å². The number of amides is 1. The Bertz CT molecular complexity index is 325. The third kappa shape index (κ3) is 5.44. The largest absolute Gasteiger partial charge is 0.467 e. The molecule has 1 amide bonds. The predicted octanol–water partition coefficient (Wildman–Crippen LogP) is -0.942. The number of hydrogen-bond acceptors (Lipinski definition) is 6. The van der Waals surface area contributed by atoms with Crippen LogP contribution in [0.3, 0.4) is 0 Å². The van der Waals surface area contributed by atoms with E-state index in [4.69, 9.17) is 10.5 Å². The number of methoxy groups -OCH3 is 1. The van der Waals surface area contributed by atoms with Crippen LogP contribution in [-0.2, 0) is 19.1 Å². The number of carbonyl (C=O) groups is 2. The highest BCUT2D eigenvalue weighted by Crippen LogP contribution is 2.07. The minimum atomic E-state index is -0.543. The third-order valence-corrected chi connectivity index (χ3v) is 3.38. The lowest BCUT2D eigenvalue weighted by molar-refractivity contribution is -0.159. The molecule has 7 heteroatoms. The van der Waals surface area contributed by atoms with E-state index in [1.54, 1.807) is 11.9 Å². The Kier molecular flexibility index (Phi) is 7.50. The second-order valence-electron chi connectivity index (χ2n) is 4.89. The Labute approximate surface area is 120 Å². The number of hydrogen-bond donors (Lipinski definition) is 1. The normalized spacial score (nSPS) is 19.6. The molecule has 1 atom stereocenters. The van der Waals surface area contributed by atoms with Crippen molar-refractivity contribution in [2.75, 3.05) is 53.5 Å². The van der Waals surface area contributed by atoms with Crippen LogP contribution in [0.5, 0.6) is 0 Å². The van der Waals surface area contributed by atoms with Crippen molar-refractivity contribution < 1.29 is 19.1 Å². The van der Waals surface area contributed by atoms with Gasteiger partial charge in [0, 0.05) is 39.6 Å². The second-order valence-corrected chi connectivity index (χ2v) is 4.89. The average Bonchev–Trinajstić information content (AvgIpc) is 2.49. The Hall–Kier alpha value is -1.18. The van der Waals surface area contributed by atoms with Crippen molar-refractivity contribution in [3.8, 4) is 0 Å². The summed E-state index contributed by atoms with van der Waals surface area (Å²) in [4.78, 5) is 27.1. The van der Waals surface area contributed by atoms with Gasteiger partial charge in [0.15, 0.2) is 6.10 Å². The molecule has 0 radical (unpaired) electrons. The van der Waals surface area contributed by atoms with Gasteiger partial charge in [-0.3, -0.25) is 9.69 Å². The van der Waals surface area contributed by atoms with Crippen LogP contribution in [0.1, 0.15) is 12.8 Å². The van der Waals surface area contributed by atoms with E-state index in [1.807, 2.05) is 0 Å². The molecule has 0 aromatic heterocycles. The molecule has 1 rings (SSSR count). The maximum atomic E-state index is 11.9. The van der Waals surface area contributed by atoms with Gasteiger partial charge >= 0.3 is 5.97 Å². The molecule has 7 nitrogen and oxygen atoms in total. The van der Waals surface area contributed by atoms with Gasteiger partial charge in [-0.15, -0.1) is 0 Å². The van der Waals surface area contributed by atoms with Crippen molar-refractivity contribution in [2.45, 2.75) is 18.9 Å². The molecule has 1 aliphatic rings. The third-order valence-electron chi connectivity index (χ3n) is 3.38. The van der Waals surface area contributed by atoms with Crippen LogP contribution in [0, 0.1) is 0 Å². The molecule has 0 spiro atoms. The van der Waals surface area contributed by atoms with Crippen molar-refractivity contribution in [2.24, 2.45) is 5.73 Å². The number of nitrogens with two attached hydrogens (primary N) is 1. The van der Waals surface area contributed by atoms with E-state index in [0.29, 0.717) is 39.2 Å². The van der Waals surface area contributed by atoms with Crippen molar-refractivity contribution in [3.63, 3.8) is 0 Å². The van der Waals surface area contributed by atoms with Crippen LogP contribution in [0.25, 0.3) is 0 Å². The zero-order chi connectivity index (χ0) is 15.0. The monoisotopic (exact) mass is 287 g/mol. The number of ether oxygens (including phenoxy) is 2. The molecule has 1 aliphatic heterocycles.